The van der Waals surface area contributed by atoms with E-state index in [1.807, 2.05) is 0 Å². The number of ether oxygens (including phenoxy) is 1. The van der Waals surface area contributed by atoms with Crippen molar-refractivity contribution in [2.75, 3.05) is 6.61 Å². The largest absolute Gasteiger partial charge is 0.484 e. The number of rotatable bonds is 6. The minimum atomic E-state index is -4.35. The average Bonchev–Trinajstić information content (AvgIpc) is 2.35. The maximum atomic E-state index is 12.2. The van der Waals surface area contributed by atoms with Crippen LogP contribution in [0.15, 0.2) is 18.2 Å². The van der Waals surface area contributed by atoms with Gasteiger partial charge in [0.15, 0.2) is 6.61 Å². The molecule has 0 aliphatic heterocycles. The van der Waals surface area contributed by atoms with Crippen LogP contribution in [0.5, 0.6) is 5.75 Å². The van der Waals surface area contributed by atoms with E-state index < -0.39 is 12.8 Å². The monoisotopic (exact) mass is 308 g/mol. The molecule has 0 amide bonds. The van der Waals surface area contributed by atoms with Gasteiger partial charge in [0, 0.05) is 5.02 Å². The van der Waals surface area contributed by atoms with Gasteiger partial charge in [-0.15, -0.1) is 0 Å². The molecule has 114 valence electrons. The lowest BCUT2D eigenvalue weighted by atomic mass is 9.76. The van der Waals surface area contributed by atoms with Crippen LogP contribution < -0.4 is 4.74 Å². The summed E-state index contributed by atoms with van der Waals surface area (Å²) >= 11 is 6.00. The molecule has 1 unspecified atom stereocenters. The van der Waals surface area contributed by atoms with E-state index in [4.69, 9.17) is 16.3 Å². The summed E-state index contributed by atoms with van der Waals surface area (Å²) in [6.07, 6.45) is -1.52. The van der Waals surface area contributed by atoms with Crippen LogP contribution in [-0.2, 0) is 5.41 Å². The smallest absolute Gasteiger partial charge is 0.422 e. The van der Waals surface area contributed by atoms with Gasteiger partial charge in [-0.1, -0.05) is 38.8 Å². The van der Waals surface area contributed by atoms with Crippen LogP contribution in [-0.4, -0.2) is 12.8 Å². The Morgan fingerprint density at radius 2 is 1.80 bits per heavy atom. The van der Waals surface area contributed by atoms with E-state index in [0.717, 1.165) is 24.8 Å². The molecule has 5 heteroatoms. The minimum absolute atomic E-state index is 0.101. The third-order valence-corrected chi connectivity index (χ3v) is 3.77. The van der Waals surface area contributed by atoms with Gasteiger partial charge in [0.25, 0.3) is 0 Å². The predicted molar refractivity (Wildman–Crippen MR) is 75.6 cm³/mol. The van der Waals surface area contributed by atoms with Gasteiger partial charge in [0.05, 0.1) is 0 Å². The first kappa shape index (κ1) is 17.2. The molecule has 1 atom stereocenters. The van der Waals surface area contributed by atoms with Crippen molar-refractivity contribution in [2.24, 2.45) is 0 Å². The zero-order valence-corrected chi connectivity index (χ0v) is 12.7. The molecule has 0 saturated carbocycles. The molecule has 0 aromatic heterocycles. The Morgan fingerprint density at radius 1 is 1.15 bits per heavy atom. The summed E-state index contributed by atoms with van der Waals surface area (Å²) in [5.74, 6) is 0.167. The highest BCUT2D eigenvalue weighted by Gasteiger charge is 2.29. The highest BCUT2D eigenvalue weighted by molar-refractivity contribution is 6.30. The highest BCUT2D eigenvalue weighted by atomic mass is 35.5. The fourth-order valence-corrected chi connectivity index (χ4v) is 2.46. The van der Waals surface area contributed by atoms with Crippen molar-refractivity contribution in [2.45, 2.75) is 51.6 Å². The molecule has 0 N–H and O–H groups in total. The summed E-state index contributed by atoms with van der Waals surface area (Å²) in [4.78, 5) is 0. The van der Waals surface area contributed by atoms with Gasteiger partial charge in [0.2, 0.25) is 0 Å². The van der Waals surface area contributed by atoms with Crippen molar-refractivity contribution >= 4 is 11.6 Å². The molecule has 1 nitrogen and oxygen atoms in total. The topological polar surface area (TPSA) is 9.23 Å². The Kier molecular flexibility index (Phi) is 5.75. The molecule has 0 heterocycles. The first-order valence-electron chi connectivity index (χ1n) is 6.71. The minimum Gasteiger partial charge on any atom is -0.484 e. The molecule has 0 radical (unpaired) electrons. The molecule has 0 aliphatic rings. The van der Waals surface area contributed by atoms with E-state index in [-0.39, 0.29) is 11.2 Å². The third kappa shape index (κ3) is 4.89. The lowest BCUT2D eigenvalue weighted by Gasteiger charge is -2.29. The van der Waals surface area contributed by atoms with Crippen LogP contribution in [0.4, 0.5) is 13.2 Å². The Bertz CT molecular complexity index is 445. The fourth-order valence-electron chi connectivity index (χ4n) is 2.24. The summed E-state index contributed by atoms with van der Waals surface area (Å²) in [7, 11) is 0. The molecule has 0 aliphatic carbocycles. The van der Waals surface area contributed by atoms with Gasteiger partial charge in [0.1, 0.15) is 5.75 Å². The van der Waals surface area contributed by atoms with Gasteiger partial charge in [-0.25, -0.2) is 0 Å². The quantitative estimate of drug-likeness (QED) is 0.650. The van der Waals surface area contributed by atoms with Crippen LogP contribution in [0, 0.1) is 0 Å². The highest BCUT2D eigenvalue weighted by Crippen LogP contribution is 2.36. The molecule has 1 aromatic rings. The fraction of sp³-hybridized carbons (Fsp3) is 0.600. The van der Waals surface area contributed by atoms with E-state index in [2.05, 4.69) is 20.8 Å². The molecule has 0 saturated heterocycles. The first-order valence-corrected chi connectivity index (χ1v) is 7.08. The Morgan fingerprint density at radius 3 is 2.30 bits per heavy atom. The van der Waals surface area contributed by atoms with E-state index in [1.54, 1.807) is 12.1 Å². The molecule has 0 bridgehead atoms. The van der Waals surface area contributed by atoms with E-state index in [9.17, 15) is 13.2 Å². The second-order valence-electron chi connectivity index (χ2n) is 5.24. The summed E-state index contributed by atoms with van der Waals surface area (Å²) in [5, 5.41) is 0.399. The van der Waals surface area contributed by atoms with Crippen molar-refractivity contribution in [1.82, 2.24) is 0 Å². The molecule has 0 fully saturated rings. The number of benzene rings is 1. The molecule has 0 spiro atoms. The molecular weight excluding hydrogens is 289 g/mol. The lowest BCUT2D eigenvalue weighted by Crippen LogP contribution is -2.22. The van der Waals surface area contributed by atoms with Crippen LogP contribution in [0.3, 0.4) is 0 Å². The molecule has 20 heavy (non-hydrogen) atoms. The second-order valence-corrected chi connectivity index (χ2v) is 5.68. The Labute approximate surface area is 123 Å². The molecule has 1 aromatic carbocycles. The first-order chi connectivity index (χ1) is 9.20. The normalized spacial score (nSPS) is 14.9. The van der Waals surface area contributed by atoms with Crippen molar-refractivity contribution in [3.8, 4) is 5.75 Å². The van der Waals surface area contributed by atoms with E-state index in [1.165, 1.54) is 6.07 Å². The van der Waals surface area contributed by atoms with E-state index in [0.29, 0.717) is 5.02 Å². The van der Waals surface area contributed by atoms with Crippen LogP contribution in [0.1, 0.15) is 45.6 Å². The zero-order valence-electron chi connectivity index (χ0n) is 12.0. The summed E-state index contributed by atoms with van der Waals surface area (Å²) < 4.78 is 41.4. The summed E-state index contributed by atoms with van der Waals surface area (Å²) in [5.41, 5.74) is 0.822. The summed E-state index contributed by atoms with van der Waals surface area (Å²) in [6, 6.07) is 4.89. The third-order valence-electron chi connectivity index (χ3n) is 3.55. The number of hydrogen-bond donors (Lipinski definition) is 0. The van der Waals surface area contributed by atoms with E-state index >= 15 is 0 Å². The SMILES string of the molecule is CCCC(C)(CC)c1cc(Cl)cc(OCC(F)(F)F)c1. The second kappa shape index (κ2) is 6.70. The lowest BCUT2D eigenvalue weighted by molar-refractivity contribution is -0.153. The Balaban J connectivity index is 3.01. The van der Waals surface area contributed by atoms with Crippen molar-refractivity contribution in [3.05, 3.63) is 28.8 Å². The maximum Gasteiger partial charge on any atom is 0.422 e. The summed E-state index contributed by atoms with van der Waals surface area (Å²) in [6.45, 7) is 4.94. The van der Waals surface area contributed by atoms with Gasteiger partial charge in [-0.05, 0) is 42.0 Å². The maximum absolute atomic E-state index is 12.2. The van der Waals surface area contributed by atoms with Gasteiger partial charge in [-0.2, -0.15) is 13.2 Å². The average molecular weight is 309 g/mol. The number of halogens is 4. The molecule has 1 rings (SSSR count). The number of alkyl halides is 3. The number of hydrogen-bond acceptors (Lipinski definition) is 1. The van der Waals surface area contributed by atoms with Crippen molar-refractivity contribution < 1.29 is 17.9 Å². The van der Waals surface area contributed by atoms with Crippen LogP contribution in [0.2, 0.25) is 5.02 Å². The van der Waals surface area contributed by atoms with Crippen LogP contribution in [0.25, 0.3) is 0 Å². The van der Waals surface area contributed by atoms with Crippen molar-refractivity contribution in [3.63, 3.8) is 0 Å². The predicted octanol–water partition coefficient (Wildman–Crippen LogP) is 5.75. The Hall–Kier alpha value is -0.900. The van der Waals surface area contributed by atoms with Gasteiger partial charge >= 0.3 is 6.18 Å². The van der Waals surface area contributed by atoms with Crippen molar-refractivity contribution in [1.29, 1.82) is 0 Å². The van der Waals surface area contributed by atoms with Gasteiger partial charge < -0.3 is 4.74 Å². The van der Waals surface area contributed by atoms with Gasteiger partial charge in [-0.3, -0.25) is 0 Å². The zero-order chi connectivity index (χ0) is 15.4. The molecular formula is C15H20ClF3O. The van der Waals surface area contributed by atoms with Crippen LogP contribution >= 0.6 is 11.6 Å². The standard InChI is InChI=1S/C15H20ClF3O/c1-4-6-14(3,5-2)11-7-12(16)9-13(8-11)20-10-15(17,18)19/h7-9H,4-6,10H2,1-3H3.